The van der Waals surface area contributed by atoms with E-state index in [9.17, 15) is 8.42 Å². The van der Waals surface area contributed by atoms with E-state index in [0.717, 1.165) is 4.47 Å². The molecule has 0 aliphatic rings. The lowest BCUT2D eigenvalue weighted by atomic mass is 10.2. The Morgan fingerprint density at radius 3 is 2.72 bits per heavy atom. The minimum absolute atomic E-state index is 0.126. The zero-order valence-corrected chi connectivity index (χ0v) is 16.1. The maximum Gasteiger partial charge on any atom is 0.263 e. The van der Waals surface area contributed by atoms with E-state index in [-0.39, 0.29) is 10.7 Å². The molecule has 1 N–H and O–H groups in total. The van der Waals surface area contributed by atoms with Crippen molar-refractivity contribution >= 4 is 42.7 Å². The summed E-state index contributed by atoms with van der Waals surface area (Å²) < 4.78 is 34.6. The summed E-state index contributed by atoms with van der Waals surface area (Å²) in [7, 11) is -3.82. The quantitative estimate of drug-likeness (QED) is 0.675. The Bertz CT molecular complexity index is 1040. The molecule has 8 heteroatoms. The number of nitrogens with zero attached hydrogens (tertiary/aromatic N) is 2. The Kier molecular flexibility index (Phi) is 4.91. The zero-order valence-electron chi connectivity index (χ0n) is 13.7. The maximum absolute atomic E-state index is 12.8. The van der Waals surface area contributed by atoms with Gasteiger partial charge in [0.15, 0.2) is 0 Å². The van der Waals surface area contributed by atoms with Crippen LogP contribution in [0, 0.1) is 6.92 Å². The molecule has 0 amide bonds. The van der Waals surface area contributed by atoms with Crippen molar-refractivity contribution in [1.82, 2.24) is 9.97 Å². The molecule has 0 aliphatic carbocycles. The number of hydrogen-bond acceptors (Lipinski definition) is 5. The number of sulfonamides is 1. The molecule has 1 aromatic carbocycles. The van der Waals surface area contributed by atoms with Crippen LogP contribution in [0.15, 0.2) is 52.0 Å². The Labute approximate surface area is 154 Å². The van der Waals surface area contributed by atoms with Crippen LogP contribution in [0.1, 0.15) is 12.6 Å². The summed E-state index contributed by atoms with van der Waals surface area (Å²) >= 11 is 3.35. The first-order valence-electron chi connectivity index (χ1n) is 7.59. The summed E-state index contributed by atoms with van der Waals surface area (Å²) in [5.41, 5.74) is 1.20. The fraction of sp³-hybridized carbons (Fsp3) is 0.176. The van der Waals surface area contributed by atoms with Crippen LogP contribution in [0.2, 0.25) is 0 Å². The summed E-state index contributed by atoms with van der Waals surface area (Å²) in [5.74, 6) is 0.807. The van der Waals surface area contributed by atoms with Gasteiger partial charge in [-0.05, 0) is 66.2 Å². The first-order chi connectivity index (χ1) is 11.9. The van der Waals surface area contributed by atoms with Gasteiger partial charge in [0.1, 0.15) is 17.1 Å². The minimum atomic E-state index is -3.82. The van der Waals surface area contributed by atoms with Gasteiger partial charge >= 0.3 is 0 Å². The lowest BCUT2D eigenvalue weighted by Crippen LogP contribution is -2.15. The molecule has 0 radical (unpaired) electrons. The molecule has 0 saturated heterocycles. The molecular weight excluding hydrogens is 406 g/mol. The number of nitrogens with one attached hydrogen (secondary N) is 1. The number of ether oxygens (including phenoxy) is 1. The van der Waals surface area contributed by atoms with E-state index in [4.69, 9.17) is 4.74 Å². The van der Waals surface area contributed by atoms with Gasteiger partial charge < -0.3 is 4.74 Å². The highest BCUT2D eigenvalue weighted by Crippen LogP contribution is 2.30. The normalized spacial score (nSPS) is 11.5. The number of anilines is 1. The molecule has 0 bridgehead atoms. The van der Waals surface area contributed by atoms with Gasteiger partial charge in [-0.2, -0.15) is 0 Å². The van der Waals surface area contributed by atoms with E-state index < -0.39 is 10.0 Å². The zero-order chi connectivity index (χ0) is 18.0. The number of halogens is 1. The molecule has 3 aromatic rings. The van der Waals surface area contributed by atoms with Crippen LogP contribution in [0.3, 0.4) is 0 Å². The van der Waals surface area contributed by atoms with Crippen LogP contribution in [0.4, 0.5) is 5.82 Å². The summed E-state index contributed by atoms with van der Waals surface area (Å²) in [6.45, 7) is 4.12. The molecule has 0 unspecified atom stereocenters. The summed E-state index contributed by atoms with van der Waals surface area (Å²) in [4.78, 5) is 8.63. The van der Waals surface area contributed by atoms with Crippen molar-refractivity contribution in [3.63, 3.8) is 0 Å². The Hall–Kier alpha value is -2.19. The van der Waals surface area contributed by atoms with E-state index in [1.807, 2.05) is 6.92 Å². The topological polar surface area (TPSA) is 81.2 Å². The van der Waals surface area contributed by atoms with Crippen LogP contribution in [-0.2, 0) is 10.0 Å². The molecule has 0 fully saturated rings. The second-order valence-corrected chi connectivity index (χ2v) is 7.77. The van der Waals surface area contributed by atoms with Crippen LogP contribution in [-0.4, -0.2) is 25.0 Å². The summed E-state index contributed by atoms with van der Waals surface area (Å²) in [5, 5.41) is 0.495. The lowest BCUT2D eigenvalue weighted by molar-refractivity contribution is 0.343. The van der Waals surface area contributed by atoms with E-state index in [0.29, 0.717) is 29.0 Å². The number of hydrogen-bond donors (Lipinski definition) is 1. The van der Waals surface area contributed by atoms with Crippen molar-refractivity contribution in [2.75, 3.05) is 11.3 Å². The summed E-state index contributed by atoms with van der Waals surface area (Å²) in [6, 6.07) is 9.89. The van der Waals surface area contributed by atoms with Crippen LogP contribution < -0.4 is 9.46 Å². The molecule has 0 atom stereocenters. The largest absolute Gasteiger partial charge is 0.492 e. The Morgan fingerprint density at radius 1 is 1.20 bits per heavy atom. The van der Waals surface area contributed by atoms with Gasteiger partial charge in [-0.15, -0.1) is 0 Å². The van der Waals surface area contributed by atoms with Crippen molar-refractivity contribution in [3.8, 4) is 5.75 Å². The molecule has 6 nitrogen and oxygen atoms in total. The third-order valence-electron chi connectivity index (χ3n) is 3.54. The maximum atomic E-state index is 12.8. The Balaban J connectivity index is 2.08. The van der Waals surface area contributed by atoms with Crippen LogP contribution >= 0.6 is 15.9 Å². The van der Waals surface area contributed by atoms with Gasteiger partial charge in [0, 0.05) is 16.1 Å². The Morgan fingerprint density at radius 2 is 2.00 bits per heavy atom. The van der Waals surface area contributed by atoms with Crippen LogP contribution in [0.5, 0.6) is 5.75 Å². The number of benzene rings is 1. The second kappa shape index (κ2) is 6.97. The number of aryl methyl sites for hydroxylation is 1. The predicted molar refractivity (Wildman–Crippen MR) is 100 cm³/mol. The molecule has 130 valence electrons. The van der Waals surface area contributed by atoms with Crippen molar-refractivity contribution < 1.29 is 13.2 Å². The number of fused-ring (bicyclic) bond motifs is 1. The van der Waals surface area contributed by atoms with Crippen LogP contribution in [0.25, 0.3) is 10.9 Å². The van der Waals surface area contributed by atoms with Crippen molar-refractivity contribution in [2.45, 2.75) is 18.7 Å². The molecule has 25 heavy (non-hydrogen) atoms. The average Bonchev–Trinajstić information content (AvgIpc) is 2.58. The molecule has 2 aromatic heterocycles. The fourth-order valence-corrected chi connectivity index (χ4v) is 3.84. The first kappa shape index (κ1) is 17.6. The highest BCUT2D eigenvalue weighted by Gasteiger charge is 2.20. The SMILES string of the molecule is CCOc1ccc(S(=O)(=O)Nc2ccc(Br)c(C)n2)c2cccnc12. The molecule has 0 saturated carbocycles. The fourth-order valence-electron chi connectivity index (χ4n) is 2.42. The third kappa shape index (κ3) is 3.59. The molecule has 0 aliphatic heterocycles. The van der Waals surface area contributed by atoms with Gasteiger partial charge in [0.05, 0.1) is 17.2 Å². The highest BCUT2D eigenvalue weighted by molar-refractivity contribution is 9.10. The minimum Gasteiger partial charge on any atom is -0.492 e. The molecule has 2 heterocycles. The standard InChI is InChI=1S/C17H16BrN3O3S/c1-3-24-14-7-8-15(12-5-4-10-19-17(12)14)25(22,23)21-16-9-6-13(18)11(2)20-16/h4-10H,3H2,1-2H3,(H,20,21). The first-order valence-corrected chi connectivity index (χ1v) is 9.86. The third-order valence-corrected chi connectivity index (χ3v) is 5.79. The van der Waals surface area contributed by atoms with Gasteiger partial charge in [-0.25, -0.2) is 13.4 Å². The van der Waals surface area contributed by atoms with Crippen molar-refractivity contribution in [2.24, 2.45) is 0 Å². The monoisotopic (exact) mass is 421 g/mol. The van der Waals surface area contributed by atoms with E-state index in [1.54, 1.807) is 43.5 Å². The highest BCUT2D eigenvalue weighted by atomic mass is 79.9. The van der Waals surface area contributed by atoms with Gasteiger partial charge in [-0.1, -0.05) is 0 Å². The van der Waals surface area contributed by atoms with E-state index in [1.165, 1.54) is 6.07 Å². The molecule has 3 rings (SSSR count). The molecular formula is C17H16BrN3O3S. The number of rotatable bonds is 5. The van der Waals surface area contributed by atoms with Crippen molar-refractivity contribution in [1.29, 1.82) is 0 Å². The summed E-state index contributed by atoms with van der Waals surface area (Å²) in [6.07, 6.45) is 1.61. The van der Waals surface area contributed by atoms with Gasteiger partial charge in [0.25, 0.3) is 10.0 Å². The lowest BCUT2D eigenvalue weighted by Gasteiger charge is -2.13. The van der Waals surface area contributed by atoms with E-state index in [2.05, 4.69) is 30.6 Å². The predicted octanol–water partition coefficient (Wildman–Crippen LogP) is 3.90. The smallest absolute Gasteiger partial charge is 0.263 e. The second-order valence-electron chi connectivity index (χ2n) is 5.26. The van der Waals surface area contributed by atoms with E-state index >= 15 is 0 Å². The molecule has 0 spiro atoms. The number of pyridine rings is 2. The van der Waals surface area contributed by atoms with Crippen molar-refractivity contribution in [3.05, 3.63) is 52.8 Å². The van der Waals surface area contributed by atoms with Gasteiger partial charge in [0.2, 0.25) is 0 Å². The van der Waals surface area contributed by atoms with Gasteiger partial charge in [-0.3, -0.25) is 9.71 Å². The number of aromatic nitrogens is 2. The average molecular weight is 422 g/mol.